The molecule has 1 aromatic rings. The van der Waals surface area contributed by atoms with Crippen LogP contribution in [0.1, 0.15) is 47.1 Å². The SMILES string of the molecule is COCO[C@@H]([C@@H](C)C#CC(=O)[C@@H](C)COCc1ccccc1)[C@@H](C)CO[Si](C)(C)C(C)(C)C. The van der Waals surface area contributed by atoms with Crippen LogP contribution in [0.2, 0.25) is 18.1 Å². The minimum Gasteiger partial charge on any atom is -0.416 e. The molecule has 0 aliphatic heterocycles. The van der Waals surface area contributed by atoms with Crippen molar-refractivity contribution in [3.05, 3.63) is 35.9 Å². The maximum Gasteiger partial charge on any atom is 0.210 e. The number of ether oxygens (including phenoxy) is 3. The van der Waals surface area contributed by atoms with E-state index in [1.54, 1.807) is 7.11 Å². The normalized spacial score (nSPS) is 15.8. The first-order chi connectivity index (χ1) is 15.4. The molecular weight excluding hydrogens is 432 g/mol. The maximum atomic E-state index is 12.5. The van der Waals surface area contributed by atoms with Gasteiger partial charge in [0.05, 0.1) is 25.2 Å². The van der Waals surface area contributed by atoms with Gasteiger partial charge in [-0.2, -0.15) is 0 Å². The summed E-state index contributed by atoms with van der Waals surface area (Å²) in [5.74, 6) is 5.49. The van der Waals surface area contributed by atoms with E-state index in [1.165, 1.54) is 0 Å². The predicted octanol–water partition coefficient (Wildman–Crippen LogP) is 5.69. The lowest BCUT2D eigenvalue weighted by Crippen LogP contribution is -2.43. The van der Waals surface area contributed by atoms with Crippen LogP contribution in [0.15, 0.2) is 30.3 Å². The van der Waals surface area contributed by atoms with Crippen molar-refractivity contribution in [2.24, 2.45) is 17.8 Å². The summed E-state index contributed by atoms with van der Waals surface area (Å²) in [5.41, 5.74) is 1.09. The predicted molar refractivity (Wildman–Crippen MR) is 136 cm³/mol. The third-order valence-electron chi connectivity index (χ3n) is 6.30. The summed E-state index contributed by atoms with van der Waals surface area (Å²) in [6, 6.07) is 9.92. The van der Waals surface area contributed by atoms with E-state index in [4.69, 9.17) is 18.6 Å². The average Bonchev–Trinajstić information content (AvgIpc) is 2.76. The fourth-order valence-electron chi connectivity index (χ4n) is 2.99. The number of benzene rings is 1. The van der Waals surface area contributed by atoms with E-state index in [2.05, 4.69) is 52.6 Å². The van der Waals surface area contributed by atoms with Gasteiger partial charge in [0.25, 0.3) is 0 Å². The number of hydrogen-bond donors (Lipinski definition) is 0. The Hall–Kier alpha value is -1.49. The third kappa shape index (κ3) is 10.5. The Morgan fingerprint density at radius 1 is 1.06 bits per heavy atom. The van der Waals surface area contributed by atoms with Gasteiger partial charge < -0.3 is 18.6 Å². The maximum absolute atomic E-state index is 12.5. The summed E-state index contributed by atoms with van der Waals surface area (Å²) in [5, 5.41) is 0.145. The molecular formula is C27H44O5Si. The van der Waals surface area contributed by atoms with Gasteiger partial charge in [-0.1, -0.05) is 70.9 Å². The molecule has 5 nitrogen and oxygen atoms in total. The smallest absolute Gasteiger partial charge is 0.210 e. The van der Waals surface area contributed by atoms with Crippen LogP contribution in [0.3, 0.4) is 0 Å². The zero-order chi connectivity index (χ0) is 25.1. The molecule has 4 atom stereocenters. The molecule has 0 amide bonds. The van der Waals surface area contributed by atoms with Gasteiger partial charge in [-0.3, -0.25) is 4.79 Å². The van der Waals surface area contributed by atoms with Gasteiger partial charge in [-0.15, -0.1) is 0 Å². The minimum atomic E-state index is -1.86. The standard InChI is InChI=1S/C27H44O5Si/c1-21(15-16-25(28)22(2)17-30-19-24-13-11-10-12-14-24)26(31-20-29-7)23(3)18-32-33(8,9)27(4,5)6/h10-14,21-23,26H,17-20H2,1-9H3/t21-,22-,23-,26-/m0/s1. The summed E-state index contributed by atoms with van der Waals surface area (Å²) in [7, 11) is -0.257. The molecule has 33 heavy (non-hydrogen) atoms. The lowest BCUT2D eigenvalue weighted by atomic mass is 9.93. The Bertz CT molecular complexity index is 760. The second-order valence-electron chi connectivity index (χ2n) is 10.4. The second-order valence-corrected chi connectivity index (χ2v) is 15.2. The van der Waals surface area contributed by atoms with Crippen LogP contribution in [0, 0.1) is 29.6 Å². The molecule has 0 saturated carbocycles. The molecule has 0 radical (unpaired) electrons. The molecule has 186 valence electrons. The van der Waals surface area contributed by atoms with Gasteiger partial charge in [0, 0.05) is 25.6 Å². The van der Waals surface area contributed by atoms with E-state index in [-0.39, 0.29) is 41.5 Å². The van der Waals surface area contributed by atoms with E-state index in [0.717, 1.165) is 5.56 Å². The zero-order valence-corrected chi connectivity index (χ0v) is 23.1. The summed E-state index contributed by atoms with van der Waals surface area (Å²) in [6.45, 7) is 18.7. The monoisotopic (exact) mass is 476 g/mol. The van der Waals surface area contributed by atoms with E-state index in [9.17, 15) is 4.79 Å². The average molecular weight is 477 g/mol. The molecule has 0 bridgehead atoms. The first-order valence-electron chi connectivity index (χ1n) is 11.8. The number of methoxy groups -OCH3 is 1. The van der Waals surface area contributed by atoms with E-state index < -0.39 is 8.32 Å². The highest BCUT2D eigenvalue weighted by atomic mass is 28.4. The van der Waals surface area contributed by atoms with Crippen molar-refractivity contribution < 1.29 is 23.4 Å². The highest BCUT2D eigenvalue weighted by molar-refractivity contribution is 6.74. The van der Waals surface area contributed by atoms with E-state index in [1.807, 2.05) is 44.2 Å². The van der Waals surface area contributed by atoms with Crippen LogP contribution >= 0.6 is 0 Å². The number of ketones is 1. The lowest BCUT2D eigenvalue weighted by Gasteiger charge is -2.38. The van der Waals surface area contributed by atoms with Crippen molar-refractivity contribution in [3.63, 3.8) is 0 Å². The Balaban J connectivity index is 2.67. The largest absolute Gasteiger partial charge is 0.416 e. The van der Waals surface area contributed by atoms with Crippen molar-refractivity contribution in [1.29, 1.82) is 0 Å². The summed E-state index contributed by atoms with van der Waals surface area (Å²) >= 11 is 0. The molecule has 0 aliphatic rings. The highest BCUT2D eigenvalue weighted by Gasteiger charge is 2.38. The van der Waals surface area contributed by atoms with Crippen molar-refractivity contribution in [2.45, 2.75) is 72.4 Å². The molecule has 0 unspecified atom stereocenters. The van der Waals surface area contributed by atoms with Crippen LogP contribution < -0.4 is 0 Å². The Labute approximate surface area is 202 Å². The van der Waals surface area contributed by atoms with Crippen LogP contribution in [-0.2, 0) is 30.0 Å². The Kier molecular flexibility index (Phi) is 12.6. The molecule has 0 spiro atoms. The van der Waals surface area contributed by atoms with Gasteiger partial charge in [-0.05, 0) is 36.5 Å². The van der Waals surface area contributed by atoms with Gasteiger partial charge in [-0.25, -0.2) is 0 Å². The molecule has 0 N–H and O–H groups in total. The highest BCUT2D eigenvalue weighted by Crippen LogP contribution is 2.37. The fraction of sp³-hybridized carbons (Fsp3) is 0.667. The summed E-state index contributed by atoms with van der Waals surface area (Å²) in [4.78, 5) is 12.5. The molecule has 0 heterocycles. The van der Waals surface area contributed by atoms with Gasteiger partial charge >= 0.3 is 0 Å². The van der Waals surface area contributed by atoms with E-state index >= 15 is 0 Å². The van der Waals surface area contributed by atoms with Crippen molar-refractivity contribution >= 4 is 14.1 Å². The Morgan fingerprint density at radius 3 is 2.27 bits per heavy atom. The van der Waals surface area contributed by atoms with Gasteiger partial charge in [0.2, 0.25) is 5.78 Å². The molecule has 6 heteroatoms. The second kappa shape index (κ2) is 14.0. The lowest BCUT2D eigenvalue weighted by molar-refractivity contribution is -0.118. The molecule has 1 aromatic carbocycles. The molecule has 0 fully saturated rings. The minimum absolute atomic E-state index is 0.111. The molecule has 0 aromatic heterocycles. The number of carbonyl (C=O) groups is 1. The van der Waals surface area contributed by atoms with E-state index in [0.29, 0.717) is 19.8 Å². The number of hydrogen-bond acceptors (Lipinski definition) is 5. The molecule has 0 saturated heterocycles. The fourth-order valence-corrected chi connectivity index (χ4v) is 4.11. The zero-order valence-electron chi connectivity index (χ0n) is 22.1. The Morgan fingerprint density at radius 2 is 1.70 bits per heavy atom. The van der Waals surface area contributed by atoms with Crippen molar-refractivity contribution in [1.82, 2.24) is 0 Å². The third-order valence-corrected chi connectivity index (χ3v) is 10.8. The number of carbonyl (C=O) groups excluding carboxylic acids is 1. The first-order valence-corrected chi connectivity index (χ1v) is 14.7. The first kappa shape index (κ1) is 29.5. The number of rotatable bonds is 13. The van der Waals surface area contributed by atoms with Gasteiger partial charge in [0.1, 0.15) is 6.79 Å². The topological polar surface area (TPSA) is 54.0 Å². The molecule has 0 aliphatic carbocycles. The van der Waals surface area contributed by atoms with Crippen molar-refractivity contribution in [3.8, 4) is 11.8 Å². The van der Waals surface area contributed by atoms with Gasteiger partial charge in [0.15, 0.2) is 8.32 Å². The van der Waals surface area contributed by atoms with Crippen LogP contribution in [0.4, 0.5) is 0 Å². The van der Waals surface area contributed by atoms with Crippen molar-refractivity contribution in [2.75, 3.05) is 27.1 Å². The molecule has 1 rings (SSSR count). The quantitative estimate of drug-likeness (QED) is 0.158. The van der Waals surface area contributed by atoms with Crippen LogP contribution in [0.25, 0.3) is 0 Å². The summed E-state index contributed by atoms with van der Waals surface area (Å²) in [6.07, 6.45) is -0.195. The van der Waals surface area contributed by atoms with Crippen LogP contribution in [-0.4, -0.2) is 47.3 Å². The number of Topliss-reactive ketones (excluding diaryl/α,β-unsaturated/α-hetero) is 1. The van der Waals surface area contributed by atoms with Crippen LogP contribution in [0.5, 0.6) is 0 Å². The summed E-state index contributed by atoms with van der Waals surface area (Å²) < 4.78 is 23.2.